The normalized spacial score (nSPS) is 0.353. The summed E-state index contributed by atoms with van der Waals surface area (Å²) in [5, 5.41) is 0. The third-order valence-corrected chi connectivity index (χ3v) is 0. The van der Waals surface area contributed by atoms with Crippen LogP contribution in [-0.4, -0.2) is 10.2 Å². The largest absolute Gasteiger partial charge is 0.0759 e. The van der Waals surface area contributed by atoms with E-state index in [-0.39, 0.29) is 491 Å². The van der Waals surface area contributed by atoms with Gasteiger partial charge in [-0.3, -0.25) is 0 Å². The van der Waals surface area contributed by atoms with E-state index in [1.165, 1.54) is 0 Å². The van der Waals surface area contributed by atoms with Crippen LogP contribution in [0.2, 0.25) is 6.55 Å². The van der Waals surface area contributed by atoms with Gasteiger partial charge in [0.1, 0.15) is 0 Å². The third kappa shape index (κ3) is 110. The van der Waals surface area contributed by atoms with Crippen LogP contribution < -0.4 is 0 Å². The molecule has 0 heterocycles. The molecule has 0 spiro atoms. The van der Waals surface area contributed by atoms with Crippen molar-refractivity contribution in [2.75, 3.05) is 0 Å². The fraction of sp³-hybridized carbons (Fsp3) is 1.00. The third-order valence-electron chi connectivity index (χ3n) is 0. The molecule has 17 heavy (non-hydrogen) atoms. The second-order valence-corrected chi connectivity index (χ2v) is 0. The number of hydrogen-bond acceptors (Lipinski definition) is 0. The Labute approximate surface area is 489 Å². The van der Waals surface area contributed by atoms with Crippen LogP contribution in [-0.2, 0) is 491 Å². The summed E-state index contributed by atoms with van der Waals surface area (Å²) in [6, 6.07) is 0. The maximum absolute atomic E-state index is 2.97. The van der Waals surface area contributed by atoms with Crippen LogP contribution >= 0.6 is 0 Å². The average molecular weight is 1380 g/mol. The van der Waals surface area contributed by atoms with Gasteiger partial charge in [0.15, 0.2) is 0 Å². The molecular formula is CH3SiY15. The molecule has 16 heteroatoms. The maximum Gasteiger partial charge on any atom is 0.0184 e. The standard InChI is InChI=1S/CH3Si.15Y/c1-2;;;;;;;;;;;;;;;/h1H3;;;;;;;;;;;;;;;. The minimum atomic E-state index is 0. The molecule has 0 aliphatic heterocycles. The smallest absolute Gasteiger partial charge is 0.0184 e. The van der Waals surface area contributed by atoms with Gasteiger partial charge in [0.2, 0.25) is 0 Å². The van der Waals surface area contributed by atoms with E-state index in [0.717, 1.165) is 0 Å². The van der Waals surface area contributed by atoms with Gasteiger partial charge in [-0.1, -0.05) is 6.55 Å². The van der Waals surface area contributed by atoms with Crippen LogP contribution in [0.5, 0.6) is 0 Å². The van der Waals surface area contributed by atoms with Gasteiger partial charge in [-0.05, 0) is 0 Å². The van der Waals surface area contributed by atoms with E-state index in [1.54, 1.807) is 6.55 Å². The van der Waals surface area contributed by atoms with Crippen LogP contribution in [0.3, 0.4) is 0 Å². The first kappa shape index (κ1) is 115. The molecule has 0 amide bonds. The van der Waals surface area contributed by atoms with Crippen molar-refractivity contribution in [3.63, 3.8) is 0 Å². The Bertz CT molecular complexity index is 10.9. The molecule has 0 aromatic heterocycles. The van der Waals surface area contributed by atoms with Crippen molar-refractivity contribution in [2.24, 2.45) is 0 Å². The molecule has 18 radical (unpaired) electrons. The minimum absolute atomic E-state index is 0. The molecular weight excluding hydrogens is 1370 g/mol. The molecule has 0 fully saturated rings. The van der Waals surface area contributed by atoms with Crippen molar-refractivity contribution in [3.8, 4) is 0 Å². The molecule has 0 aliphatic rings. The van der Waals surface area contributed by atoms with Gasteiger partial charge in [0.05, 0.1) is 0 Å². The Kier molecular flexibility index (Phi) is 794. The van der Waals surface area contributed by atoms with Gasteiger partial charge in [0.25, 0.3) is 0 Å². The Morgan fingerprint density at radius 1 is 0.235 bits per heavy atom. The molecule has 0 saturated heterocycles. The predicted octanol–water partition coefficient (Wildman–Crippen LogP) is 0.165. The van der Waals surface area contributed by atoms with E-state index in [9.17, 15) is 0 Å². The van der Waals surface area contributed by atoms with Crippen molar-refractivity contribution in [1.29, 1.82) is 0 Å². The molecule has 0 N–H and O–H groups in total. The molecule has 0 nitrogen and oxygen atoms in total. The SMILES string of the molecule is C[Si].[Y].[Y].[Y].[Y].[Y].[Y].[Y].[Y].[Y].[Y].[Y].[Y].[Y].[Y].[Y]. The molecule has 56 valence electrons. The predicted molar refractivity (Wildman–Crippen MR) is 11.6 cm³/mol. The average Bonchev–Trinajstić information content (AvgIpc) is 1.00. The molecule has 0 bridgehead atoms. The zero-order valence-corrected chi connectivity index (χ0v) is 53.7. The van der Waals surface area contributed by atoms with Gasteiger partial charge in [-0.2, -0.15) is 0 Å². The second kappa shape index (κ2) is 118. The summed E-state index contributed by atoms with van der Waals surface area (Å²) >= 11 is 0. The zero-order valence-electron chi connectivity index (χ0n) is 10.2. The first-order valence-electron chi connectivity index (χ1n) is 0.500. The molecule has 0 unspecified atom stereocenters. The quantitative estimate of drug-likeness (QED) is 0.304. The van der Waals surface area contributed by atoms with Crippen LogP contribution in [0.4, 0.5) is 0 Å². The summed E-state index contributed by atoms with van der Waals surface area (Å²) in [5.74, 6) is 0. The summed E-state index contributed by atoms with van der Waals surface area (Å²) in [6.45, 7) is 1.81. The van der Waals surface area contributed by atoms with E-state index < -0.39 is 0 Å². The fourth-order valence-corrected chi connectivity index (χ4v) is 0. The molecule has 0 aliphatic carbocycles. The summed E-state index contributed by atoms with van der Waals surface area (Å²) in [7, 11) is 2.97. The first-order chi connectivity index (χ1) is 1.00. The van der Waals surface area contributed by atoms with Crippen LogP contribution in [0.25, 0.3) is 0 Å². The van der Waals surface area contributed by atoms with Gasteiger partial charge in [0, 0.05) is 501 Å². The second-order valence-electron chi connectivity index (χ2n) is 0. The molecule has 0 rings (SSSR count). The summed E-state index contributed by atoms with van der Waals surface area (Å²) in [4.78, 5) is 0. The Hall–Kier alpha value is 16.8. The minimum Gasteiger partial charge on any atom is -0.0759 e. The molecule has 0 atom stereocenters. The maximum atomic E-state index is 2.97. The van der Waals surface area contributed by atoms with Crippen molar-refractivity contribution in [3.05, 3.63) is 0 Å². The van der Waals surface area contributed by atoms with E-state index in [0.29, 0.717) is 0 Å². The van der Waals surface area contributed by atoms with Crippen LogP contribution in [0.1, 0.15) is 0 Å². The van der Waals surface area contributed by atoms with Crippen LogP contribution in [0, 0.1) is 0 Å². The van der Waals surface area contributed by atoms with E-state index in [1.807, 2.05) is 0 Å². The van der Waals surface area contributed by atoms with Crippen molar-refractivity contribution in [2.45, 2.75) is 6.55 Å². The number of hydrogen-bond donors (Lipinski definition) is 0. The summed E-state index contributed by atoms with van der Waals surface area (Å²) < 4.78 is 0. The summed E-state index contributed by atoms with van der Waals surface area (Å²) in [5.41, 5.74) is 0. The van der Waals surface area contributed by atoms with Gasteiger partial charge >= 0.3 is 0 Å². The van der Waals surface area contributed by atoms with Crippen molar-refractivity contribution >= 4 is 10.2 Å². The molecule has 0 saturated carbocycles. The monoisotopic (exact) mass is 1380 g/mol. The fourth-order valence-electron chi connectivity index (χ4n) is 0. The number of rotatable bonds is 0. The first-order valence-corrected chi connectivity index (χ1v) is 1.50. The van der Waals surface area contributed by atoms with Gasteiger partial charge in [-0.15, -0.1) is 0 Å². The topological polar surface area (TPSA) is 0 Å². The zero-order chi connectivity index (χ0) is 2.00. The molecule has 0 aromatic rings. The van der Waals surface area contributed by atoms with Crippen LogP contribution in [0.15, 0.2) is 0 Å². The Balaban J connectivity index is -0.0000000000476. The molecule has 0 aromatic carbocycles. The Morgan fingerprint density at radius 3 is 0.235 bits per heavy atom. The van der Waals surface area contributed by atoms with Crippen molar-refractivity contribution < 1.29 is 491 Å². The summed E-state index contributed by atoms with van der Waals surface area (Å²) in [6.07, 6.45) is 0. The Morgan fingerprint density at radius 2 is 0.235 bits per heavy atom. The van der Waals surface area contributed by atoms with E-state index in [4.69, 9.17) is 0 Å². The van der Waals surface area contributed by atoms with Crippen molar-refractivity contribution in [1.82, 2.24) is 0 Å². The van der Waals surface area contributed by atoms with E-state index in [2.05, 4.69) is 10.2 Å². The van der Waals surface area contributed by atoms with E-state index >= 15 is 0 Å². The van der Waals surface area contributed by atoms with Gasteiger partial charge < -0.3 is 0 Å². The van der Waals surface area contributed by atoms with Gasteiger partial charge in [-0.25, -0.2) is 0 Å².